The van der Waals surface area contributed by atoms with Crippen molar-refractivity contribution in [1.82, 2.24) is 0 Å². The second-order valence-corrected chi connectivity index (χ2v) is 32.1. The average Bonchev–Trinajstić information content (AvgIpc) is 1.26. The van der Waals surface area contributed by atoms with E-state index in [1.807, 2.05) is 0 Å². The van der Waals surface area contributed by atoms with Crippen LogP contribution in [0.5, 0.6) is 0 Å². The summed E-state index contributed by atoms with van der Waals surface area (Å²) < 4.78 is 68.6. The summed E-state index contributed by atoms with van der Waals surface area (Å²) in [6, 6.07) is 0. The minimum Gasteiger partial charge on any atom is -0.462 e. The van der Waals surface area contributed by atoms with Crippen LogP contribution >= 0.6 is 15.6 Å². The zero-order chi connectivity index (χ0) is 71.0. The summed E-state index contributed by atoms with van der Waals surface area (Å²) in [6.07, 6.45) is 51.2. The number of ether oxygens (including phenoxy) is 4. The molecule has 0 spiro atoms. The number of carbonyl (C=O) groups excluding carboxylic acids is 4. The number of phosphoric ester groups is 2. The lowest BCUT2D eigenvalue weighted by Crippen LogP contribution is -2.30. The normalized spacial score (nSPS) is 14.7. The smallest absolute Gasteiger partial charge is 0.462 e. The van der Waals surface area contributed by atoms with Crippen LogP contribution in [0.2, 0.25) is 0 Å². The zero-order valence-electron chi connectivity index (χ0n) is 63.0. The Hall–Kier alpha value is -1.94. The highest BCUT2D eigenvalue weighted by atomic mass is 31.2. The summed E-state index contributed by atoms with van der Waals surface area (Å²) in [5.74, 6) is 1.02. The largest absolute Gasteiger partial charge is 0.472 e. The predicted octanol–water partition coefficient (Wildman–Crippen LogP) is 22.4. The molecule has 0 amide bonds. The Morgan fingerprint density at radius 1 is 0.292 bits per heavy atom. The molecule has 4 unspecified atom stereocenters. The molecule has 0 aliphatic heterocycles. The van der Waals surface area contributed by atoms with Gasteiger partial charge in [0.15, 0.2) is 12.2 Å². The molecule has 3 N–H and O–H groups in total. The van der Waals surface area contributed by atoms with Crippen molar-refractivity contribution in [2.24, 2.45) is 23.7 Å². The molecule has 0 saturated carbocycles. The van der Waals surface area contributed by atoms with Gasteiger partial charge in [0.2, 0.25) is 0 Å². The van der Waals surface area contributed by atoms with E-state index in [-0.39, 0.29) is 25.7 Å². The molecule has 0 aromatic carbocycles. The van der Waals surface area contributed by atoms with Crippen LogP contribution in [0.1, 0.15) is 389 Å². The number of hydrogen-bond donors (Lipinski definition) is 3. The third-order valence-corrected chi connectivity index (χ3v) is 20.4. The van der Waals surface area contributed by atoms with Crippen molar-refractivity contribution in [2.45, 2.75) is 408 Å². The molecular weight excluding hydrogens is 1260 g/mol. The third-order valence-electron chi connectivity index (χ3n) is 18.5. The SMILES string of the molecule is CCC(C)CCCCCCCCCCCCCCCCC(=O)O[C@H](COC(=O)CCCCCCCCCCCCC(C)CC)COP(=O)(O)OC[C@@H](O)COP(=O)(O)OC[C@@H](COC(=O)CCCCCCCCCCCC(C)C)OC(=O)CCCCCCCCCCCC(C)C. The third kappa shape index (κ3) is 67.9. The number of aliphatic hydroxyl groups excluding tert-OH is 1. The van der Waals surface area contributed by atoms with E-state index in [0.717, 1.165) is 114 Å². The van der Waals surface area contributed by atoms with Crippen LogP contribution in [-0.4, -0.2) is 96.7 Å². The topological polar surface area (TPSA) is 237 Å². The van der Waals surface area contributed by atoms with E-state index < -0.39 is 97.5 Å². The van der Waals surface area contributed by atoms with Crippen molar-refractivity contribution in [3.8, 4) is 0 Å². The monoisotopic (exact) mass is 1410 g/mol. The summed E-state index contributed by atoms with van der Waals surface area (Å²) in [5, 5.41) is 10.6. The van der Waals surface area contributed by atoms with E-state index in [1.165, 1.54) is 193 Å². The van der Waals surface area contributed by atoms with Gasteiger partial charge in [0.05, 0.1) is 26.4 Å². The maximum atomic E-state index is 13.1. The molecule has 0 aliphatic carbocycles. The standard InChI is InChI=1S/C77H150O17P2/c1-9-69(7)55-47-39-31-23-15-13-11-12-14-16-26-35-43-51-59-76(81)93-72(63-87-74(79)57-49-41-33-25-18-17-24-32-40-48-56-70(8)10-2)65-91-95(83,84)89-61-71(78)62-90-96(85,86)92-66-73(94-77(82)60-52-44-36-28-20-22-30-38-46-54-68(5)6)64-88-75(80)58-50-42-34-27-19-21-29-37-45-53-67(3)4/h67-73,78H,9-66H2,1-8H3,(H,83,84)(H,85,86)/t69?,70?,71-,72-,73-/m1/s1. The van der Waals surface area contributed by atoms with Gasteiger partial charge in [-0.1, -0.05) is 338 Å². The van der Waals surface area contributed by atoms with Crippen LogP contribution in [0, 0.1) is 23.7 Å². The second kappa shape index (κ2) is 66.3. The van der Waals surface area contributed by atoms with Gasteiger partial charge in [0.1, 0.15) is 19.3 Å². The van der Waals surface area contributed by atoms with E-state index in [0.29, 0.717) is 25.7 Å². The van der Waals surface area contributed by atoms with E-state index >= 15 is 0 Å². The molecule has 0 heterocycles. The Morgan fingerprint density at radius 3 is 0.740 bits per heavy atom. The molecule has 0 aromatic heterocycles. The minimum atomic E-state index is -4.96. The molecule has 570 valence electrons. The molecule has 0 radical (unpaired) electrons. The fraction of sp³-hybridized carbons (Fsp3) is 0.948. The van der Waals surface area contributed by atoms with Crippen LogP contribution in [-0.2, 0) is 65.4 Å². The molecule has 0 fully saturated rings. The Kier molecular flexibility index (Phi) is 65.0. The first kappa shape index (κ1) is 94.1. The molecular formula is C77H150O17P2. The fourth-order valence-electron chi connectivity index (χ4n) is 11.7. The van der Waals surface area contributed by atoms with Gasteiger partial charge in [0.25, 0.3) is 0 Å². The first-order valence-corrected chi connectivity index (χ1v) is 42.8. The van der Waals surface area contributed by atoms with Crippen LogP contribution in [0.3, 0.4) is 0 Å². The Morgan fingerprint density at radius 2 is 0.500 bits per heavy atom. The summed E-state index contributed by atoms with van der Waals surface area (Å²) in [7, 11) is -9.92. The van der Waals surface area contributed by atoms with Crippen LogP contribution in [0.25, 0.3) is 0 Å². The summed E-state index contributed by atoms with van der Waals surface area (Å²) in [5.41, 5.74) is 0. The lowest BCUT2D eigenvalue weighted by atomic mass is 9.99. The maximum Gasteiger partial charge on any atom is 0.472 e. The summed E-state index contributed by atoms with van der Waals surface area (Å²) in [4.78, 5) is 72.9. The summed E-state index contributed by atoms with van der Waals surface area (Å²) in [6.45, 7) is 14.3. The van der Waals surface area contributed by atoms with E-state index in [9.17, 15) is 43.2 Å². The predicted molar refractivity (Wildman–Crippen MR) is 391 cm³/mol. The van der Waals surface area contributed by atoms with E-state index in [2.05, 4.69) is 55.4 Å². The number of hydrogen-bond acceptors (Lipinski definition) is 15. The van der Waals surface area contributed by atoms with Gasteiger partial charge in [-0.15, -0.1) is 0 Å². The van der Waals surface area contributed by atoms with Crippen molar-refractivity contribution in [2.75, 3.05) is 39.6 Å². The first-order valence-electron chi connectivity index (χ1n) is 39.8. The number of unbranched alkanes of at least 4 members (excludes halogenated alkanes) is 38. The number of esters is 4. The molecule has 19 heteroatoms. The Bertz CT molecular complexity index is 1890. The van der Waals surface area contributed by atoms with E-state index in [1.54, 1.807) is 0 Å². The van der Waals surface area contributed by atoms with Gasteiger partial charge in [-0.25, -0.2) is 9.13 Å². The minimum absolute atomic E-state index is 0.105. The van der Waals surface area contributed by atoms with Gasteiger partial charge >= 0.3 is 39.5 Å². The van der Waals surface area contributed by atoms with Crippen molar-refractivity contribution in [3.63, 3.8) is 0 Å². The molecule has 0 aromatic rings. The van der Waals surface area contributed by atoms with Gasteiger partial charge in [-0.05, 0) is 49.4 Å². The van der Waals surface area contributed by atoms with Crippen LogP contribution < -0.4 is 0 Å². The molecule has 0 rings (SSSR count). The molecule has 96 heavy (non-hydrogen) atoms. The van der Waals surface area contributed by atoms with Crippen molar-refractivity contribution in [1.29, 1.82) is 0 Å². The molecule has 0 bridgehead atoms. The fourth-order valence-corrected chi connectivity index (χ4v) is 13.2. The van der Waals surface area contributed by atoms with Crippen LogP contribution in [0.15, 0.2) is 0 Å². The quantitative estimate of drug-likeness (QED) is 0.0222. The van der Waals surface area contributed by atoms with Gasteiger partial charge < -0.3 is 33.8 Å². The highest BCUT2D eigenvalue weighted by Gasteiger charge is 2.30. The Labute approximate surface area is 588 Å². The number of carbonyl (C=O) groups is 4. The number of phosphoric acid groups is 2. The van der Waals surface area contributed by atoms with Crippen molar-refractivity contribution >= 4 is 39.5 Å². The Balaban J connectivity index is 5.27. The van der Waals surface area contributed by atoms with Crippen LogP contribution in [0.4, 0.5) is 0 Å². The lowest BCUT2D eigenvalue weighted by Gasteiger charge is -2.21. The average molecular weight is 1410 g/mol. The summed E-state index contributed by atoms with van der Waals surface area (Å²) >= 11 is 0. The number of aliphatic hydroxyl groups is 1. The molecule has 7 atom stereocenters. The van der Waals surface area contributed by atoms with E-state index in [4.69, 9.17) is 37.0 Å². The molecule has 0 aliphatic rings. The van der Waals surface area contributed by atoms with Gasteiger partial charge in [0, 0.05) is 25.7 Å². The second-order valence-electron chi connectivity index (χ2n) is 29.2. The highest BCUT2D eigenvalue weighted by molar-refractivity contribution is 7.47. The van der Waals surface area contributed by atoms with Gasteiger partial charge in [-0.3, -0.25) is 37.3 Å². The van der Waals surface area contributed by atoms with Gasteiger partial charge in [-0.2, -0.15) is 0 Å². The lowest BCUT2D eigenvalue weighted by molar-refractivity contribution is -0.161. The van der Waals surface area contributed by atoms with Crippen molar-refractivity contribution < 1.29 is 80.2 Å². The zero-order valence-corrected chi connectivity index (χ0v) is 64.8. The van der Waals surface area contributed by atoms with Crippen molar-refractivity contribution in [3.05, 3.63) is 0 Å². The first-order chi connectivity index (χ1) is 46.2. The molecule has 0 saturated heterocycles. The number of rotatable bonds is 74. The molecule has 17 nitrogen and oxygen atoms in total. The maximum absolute atomic E-state index is 13.1. The highest BCUT2D eigenvalue weighted by Crippen LogP contribution is 2.45.